The predicted molar refractivity (Wildman–Crippen MR) is 96.3 cm³/mol. The Morgan fingerprint density at radius 1 is 1.15 bits per heavy atom. The molecule has 1 heterocycles. The third-order valence-corrected chi connectivity index (χ3v) is 3.63. The Kier molecular flexibility index (Phi) is 5.02. The number of nitro groups is 1. The number of nitro benzene ring substituents is 1. The van der Waals surface area contributed by atoms with Crippen LogP contribution >= 0.6 is 0 Å². The van der Waals surface area contributed by atoms with E-state index in [9.17, 15) is 19.7 Å². The molecule has 3 aromatic rings. The Morgan fingerprint density at radius 3 is 2.56 bits per heavy atom. The molecule has 0 saturated heterocycles. The van der Waals surface area contributed by atoms with Gasteiger partial charge in [-0.1, -0.05) is 0 Å². The van der Waals surface area contributed by atoms with Crippen molar-refractivity contribution < 1.29 is 23.6 Å². The highest BCUT2D eigenvalue weighted by molar-refractivity contribution is 5.92. The number of ether oxygens (including phenoxy) is 2. The molecule has 0 saturated carbocycles. The molecule has 27 heavy (non-hydrogen) atoms. The predicted octanol–water partition coefficient (Wildman–Crippen LogP) is 2.73. The third-order valence-electron chi connectivity index (χ3n) is 3.63. The van der Waals surface area contributed by atoms with Crippen molar-refractivity contribution in [3.63, 3.8) is 0 Å². The first kappa shape index (κ1) is 17.9. The number of fused-ring (bicyclic) bond motifs is 1. The highest BCUT2D eigenvalue weighted by Crippen LogP contribution is 2.31. The number of non-ortho nitro benzene ring substituents is 1. The van der Waals surface area contributed by atoms with E-state index in [1.54, 1.807) is 12.1 Å². The lowest BCUT2D eigenvalue weighted by Gasteiger charge is -2.11. The van der Waals surface area contributed by atoms with Crippen molar-refractivity contribution in [2.45, 2.75) is 0 Å². The van der Waals surface area contributed by atoms with Crippen LogP contribution in [0.15, 0.2) is 57.7 Å². The molecular formula is C18H14N2O7. The number of amides is 1. The first-order valence-electron chi connectivity index (χ1n) is 7.75. The van der Waals surface area contributed by atoms with Crippen LogP contribution < -0.4 is 20.4 Å². The Hall–Kier alpha value is -3.88. The summed E-state index contributed by atoms with van der Waals surface area (Å²) in [5.41, 5.74) is 0.112. The first-order chi connectivity index (χ1) is 13.0. The van der Waals surface area contributed by atoms with Gasteiger partial charge in [0.1, 0.15) is 5.58 Å². The minimum atomic E-state index is -0.529. The number of rotatable bonds is 6. The van der Waals surface area contributed by atoms with E-state index in [4.69, 9.17) is 13.9 Å². The van der Waals surface area contributed by atoms with Gasteiger partial charge in [0.05, 0.1) is 12.0 Å². The molecule has 1 amide bonds. The van der Waals surface area contributed by atoms with Gasteiger partial charge in [-0.3, -0.25) is 14.9 Å². The van der Waals surface area contributed by atoms with Gasteiger partial charge >= 0.3 is 5.63 Å². The molecule has 1 N–H and O–H groups in total. The number of methoxy groups -OCH3 is 1. The second-order valence-corrected chi connectivity index (χ2v) is 5.44. The molecule has 0 aliphatic rings. The number of carbonyl (C=O) groups excluding carboxylic acids is 1. The van der Waals surface area contributed by atoms with Crippen molar-refractivity contribution in [1.82, 2.24) is 0 Å². The van der Waals surface area contributed by atoms with Crippen LogP contribution in [0.4, 0.5) is 11.4 Å². The van der Waals surface area contributed by atoms with Gasteiger partial charge < -0.3 is 19.2 Å². The zero-order chi connectivity index (χ0) is 19.4. The number of nitrogens with one attached hydrogen (secondary N) is 1. The summed E-state index contributed by atoms with van der Waals surface area (Å²) in [5, 5.41) is 13.8. The highest BCUT2D eigenvalue weighted by Gasteiger charge is 2.12. The normalized spacial score (nSPS) is 10.4. The standard InChI is InChI=1S/C18H14N2O7/c1-25-15-8-11-2-7-18(22)27-14(11)9-16(15)26-10-17(21)19-12-3-5-13(6-4-12)20(23)24/h2-9H,10H2,1H3,(H,19,21). The molecule has 1 aromatic heterocycles. The van der Waals surface area contributed by atoms with Gasteiger partial charge in [-0.2, -0.15) is 0 Å². The second kappa shape index (κ2) is 7.56. The Bertz CT molecular complexity index is 1060. The molecule has 0 aliphatic heterocycles. The fourth-order valence-corrected chi connectivity index (χ4v) is 2.36. The monoisotopic (exact) mass is 370 g/mol. The first-order valence-corrected chi connectivity index (χ1v) is 7.75. The van der Waals surface area contributed by atoms with Gasteiger partial charge in [0.25, 0.3) is 11.6 Å². The molecule has 9 heteroatoms. The third kappa shape index (κ3) is 4.21. The van der Waals surface area contributed by atoms with Crippen molar-refractivity contribution >= 4 is 28.3 Å². The maximum atomic E-state index is 12.0. The SMILES string of the molecule is COc1cc2ccc(=O)oc2cc1OCC(=O)Nc1ccc([N+](=O)[O-])cc1. The number of anilines is 1. The lowest BCUT2D eigenvalue weighted by Crippen LogP contribution is -2.20. The molecule has 138 valence electrons. The molecule has 0 aliphatic carbocycles. The molecule has 3 rings (SSSR count). The van der Waals surface area contributed by atoms with Gasteiger partial charge in [0, 0.05) is 35.3 Å². The van der Waals surface area contributed by atoms with Crippen molar-refractivity contribution in [2.75, 3.05) is 19.0 Å². The summed E-state index contributed by atoms with van der Waals surface area (Å²) < 4.78 is 15.8. The molecule has 9 nitrogen and oxygen atoms in total. The van der Waals surface area contributed by atoms with E-state index in [-0.39, 0.29) is 18.0 Å². The van der Waals surface area contributed by atoms with E-state index < -0.39 is 16.5 Å². The van der Waals surface area contributed by atoms with Crippen LogP contribution in [-0.4, -0.2) is 24.5 Å². The maximum absolute atomic E-state index is 12.0. The van der Waals surface area contributed by atoms with Gasteiger partial charge in [-0.25, -0.2) is 4.79 Å². The summed E-state index contributed by atoms with van der Waals surface area (Å²) in [4.78, 5) is 33.5. The van der Waals surface area contributed by atoms with Crippen molar-refractivity contribution in [3.05, 3.63) is 69.1 Å². The van der Waals surface area contributed by atoms with E-state index >= 15 is 0 Å². The highest BCUT2D eigenvalue weighted by atomic mass is 16.6. The van der Waals surface area contributed by atoms with Crippen LogP contribution in [0.5, 0.6) is 11.5 Å². The Balaban J connectivity index is 1.70. The van der Waals surface area contributed by atoms with Crippen LogP contribution in [-0.2, 0) is 4.79 Å². The Labute approximate surface area is 152 Å². The quantitative estimate of drug-likeness (QED) is 0.402. The van der Waals surface area contributed by atoms with E-state index in [1.807, 2.05) is 0 Å². The summed E-state index contributed by atoms with van der Waals surface area (Å²) in [5.74, 6) is 0.137. The van der Waals surface area contributed by atoms with Crippen LogP contribution in [0.1, 0.15) is 0 Å². The molecule has 2 aromatic carbocycles. The zero-order valence-electron chi connectivity index (χ0n) is 14.1. The Morgan fingerprint density at radius 2 is 1.89 bits per heavy atom. The number of nitrogens with zero attached hydrogens (tertiary/aromatic N) is 1. The molecule has 0 fully saturated rings. The minimum absolute atomic E-state index is 0.0772. The van der Waals surface area contributed by atoms with Crippen molar-refractivity contribution in [3.8, 4) is 11.5 Å². The van der Waals surface area contributed by atoms with E-state index in [1.165, 1.54) is 43.5 Å². The summed E-state index contributed by atoms with van der Waals surface area (Å²) in [6, 6.07) is 11.4. The fraction of sp³-hybridized carbons (Fsp3) is 0.111. The number of hydrogen-bond acceptors (Lipinski definition) is 7. The summed E-state index contributed by atoms with van der Waals surface area (Å²) in [6.07, 6.45) is 0. The molecule has 0 atom stereocenters. The number of hydrogen-bond donors (Lipinski definition) is 1. The van der Waals surface area contributed by atoms with E-state index in [2.05, 4.69) is 5.32 Å². The van der Waals surface area contributed by atoms with Crippen LogP contribution in [0.3, 0.4) is 0 Å². The summed E-state index contributed by atoms with van der Waals surface area (Å²) >= 11 is 0. The molecule has 0 radical (unpaired) electrons. The lowest BCUT2D eigenvalue weighted by molar-refractivity contribution is -0.384. The van der Waals surface area contributed by atoms with Crippen LogP contribution in [0, 0.1) is 10.1 Å². The lowest BCUT2D eigenvalue weighted by atomic mass is 10.2. The van der Waals surface area contributed by atoms with Crippen molar-refractivity contribution in [1.29, 1.82) is 0 Å². The van der Waals surface area contributed by atoms with Crippen LogP contribution in [0.2, 0.25) is 0 Å². The largest absolute Gasteiger partial charge is 0.493 e. The van der Waals surface area contributed by atoms with Gasteiger partial charge in [0.15, 0.2) is 18.1 Å². The molecule has 0 unspecified atom stereocenters. The van der Waals surface area contributed by atoms with E-state index in [0.717, 1.165) is 0 Å². The maximum Gasteiger partial charge on any atom is 0.336 e. The van der Waals surface area contributed by atoms with Crippen LogP contribution in [0.25, 0.3) is 11.0 Å². The molecule has 0 spiro atoms. The van der Waals surface area contributed by atoms with Gasteiger partial charge in [-0.05, 0) is 24.3 Å². The summed E-state index contributed by atoms with van der Waals surface area (Å²) in [7, 11) is 1.45. The topological polar surface area (TPSA) is 121 Å². The molecular weight excluding hydrogens is 356 g/mol. The number of benzene rings is 2. The number of carbonyl (C=O) groups is 1. The summed E-state index contributed by atoms with van der Waals surface area (Å²) in [6.45, 7) is -0.337. The fourth-order valence-electron chi connectivity index (χ4n) is 2.36. The minimum Gasteiger partial charge on any atom is -0.493 e. The van der Waals surface area contributed by atoms with E-state index in [0.29, 0.717) is 22.4 Å². The second-order valence-electron chi connectivity index (χ2n) is 5.44. The smallest absolute Gasteiger partial charge is 0.336 e. The van der Waals surface area contributed by atoms with Crippen molar-refractivity contribution in [2.24, 2.45) is 0 Å². The van der Waals surface area contributed by atoms with Gasteiger partial charge in [-0.15, -0.1) is 0 Å². The average molecular weight is 370 g/mol. The van der Waals surface area contributed by atoms with Gasteiger partial charge in [0.2, 0.25) is 0 Å². The molecule has 0 bridgehead atoms. The average Bonchev–Trinajstić information content (AvgIpc) is 2.66. The zero-order valence-corrected chi connectivity index (χ0v) is 14.1.